The van der Waals surface area contributed by atoms with Crippen molar-refractivity contribution in [2.45, 2.75) is 39.0 Å². The lowest BCUT2D eigenvalue weighted by Gasteiger charge is -2.21. The van der Waals surface area contributed by atoms with Crippen LogP contribution in [0.5, 0.6) is 0 Å². The van der Waals surface area contributed by atoms with E-state index >= 15 is 0 Å². The summed E-state index contributed by atoms with van der Waals surface area (Å²) in [6.07, 6.45) is 4.51. The molecule has 1 aromatic heterocycles. The molecule has 3 heteroatoms. The van der Waals surface area contributed by atoms with E-state index in [0.717, 1.165) is 28.9 Å². The summed E-state index contributed by atoms with van der Waals surface area (Å²) in [5, 5.41) is 4.12. The molecular weight excluding hydrogens is 220 g/mol. The molecule has 88 valence electrons. The monoisotopic (exact) mass is 238 g/mol. The van der Waals surface area contributed by atoms with Crippen LogP contribution in [0.25, 0.3) is 0 Å². The van der Waals surface area contributed by atoms with Crippen molar-refractivity contribution in [2.75, 3.05) is 11.9 Å². The predicted octanol–water partition coefficient (Wildman–Crippen LogP) is 3.85. The van der Waals surface area contributed by atoms with Gasteiger partial charge in [0.25, 0.3) is 0 Å². The number of aromatic nitrogens is 1. The Morgan fingerprint density at radius 3 is 2.69 bits per heavy atom. The van der Waals surface area contributed by atoms with Crippen molar-refractivity contribution in [2.24, 2.45) is 5.92 Å². The van der Waals surface area contributed by atoms with Crippen LogP contribution in [0.15, 0.2) is 12.3 Å². The zero-order valence-corrected chi connectivity index (χ0v) is 10.9. The van der Waals surface area contributed by atoms with Gasteiger partial charge in [0, 0.05) is 12.7 Å². The first-order chi connectivity index (χ1) is 7.48. The molecule has 16 heavy (non-hydrogen) atoms. The minimum Gasteiger partial charge on any atom is -0.369 e. The van der Waals surface area contributed by atoms with Gasteiger partial charge >= 0.3 is 0 Å². The predicted molar refractivity (Wildman–Crippen MR) is 69.2 cm³/mol. The molecule has 0 radical (unpaired) electrons. The molecule has 1 aromatic rings. The van der Waals surface area contributed by atoms with E-state index in [9.17, 15) is 0 Å². The SMILES string of the molecule is CC(C)(C)c1ccnc(NCC2CC2)c1Cl. The molecule has 1 saturated carbocycles. The fraction of sp³-hybridized carbons (Fsp3) is 0.615. The quantitative estimate of drug-likeness (QED) is 0.865. The van der Waals surface area contributed by atoms with Gasteiger partial charge in [-0.15, -0.1) is 0 Å². The molecular formula is C13H19ClN2. The zero-order chi connectivity index (χ0) is 11.8. The Hall–Kier alpha value is -0.760. The van der Waals surface area contributed by atoms with Crippen LogP contribution >= 0.6 is 11.6 Å². The van der Waals surface area contributed by atoms with Crippen LogP contribution in [0.2, 0.25) is 5.02 Å². The number of nitrogens with zero attached hydrogens (tertiary/aromatic N) is 1. The highest BCUT2D eigenvalue weighted by atomic mass is 35.5. The Labute approximate surface area is 102 Å². The third-order valence-electron chi connectivity index (χ3n) is 2.95. The maximum Gasteiger partial charge on any atom is 0.145 e. The van der Waals surface area contributed by atoms with Gasteiger partial charge in [0.2, 0.25) is 0 Å². The summed E-state index contributed by atoms with van der Waals surface area (Å²) >= 11 is 6.37. The molecule has 1 heterocycles. The van der Waals surface area contributed by atoms with E-state index < -0.39 is 0 Å². The van der Waals surface area contributed by atoms with Crippen molar-refractivity contribution in [3.8, 4) is 0 Å². The fourth-order valence-corrected chi connectivity index (χ4v) is 2.17. The van der Waals surface area contributed by atoms with Gasteiger partial charge < -0.3 is 5.32 Å². The van der Waals surface area contributed by atoms with Crippen LogP contribution in [-0.2, 0) is 5.41 Å². The maximum atomic E-state index is 6.37. The average Bonchev–Trinajstić information content (AvgIpc) is 2.98. The molecule has 0 aromatic carbocycles. The van der Waals surface area contributed by atoms with E-state index in [1.54, 1.807) is 0 Å². The number of rotatable bonds is 3. The van der Waals surface area contributed by atoms with Gasteiger partial charge in [-0.25, -0.2) is 4.98 Å². The van der Waals surface area contributed by atoms with Crippen LogP contribution in [0.3, 0.4) is 0 Å². The Kier molecular flexibility index (Phi) is 3.11. The first-order valence-corrected chi connectivity index (χ1v) is 6.25. The highest BCUT2D eigenvalue weighted by Crippen LogP contribution is 2.34. The van der Waals surface area contributed by atoms with Gasteiger partial charge in [0.1, 0.15) is 5.82 Å². The molecule has 0 atom stereocenters. The number of nitrogens with one attached hydrogen (secondary N) is 1. The molecule has 2 nitrogen and oxygen atoms in total. The van der Waals surface area contributed by atoms with E-state index in [2.05, 4.69) is 31.1 Å². The fourth-order valence-electron chi connectivity index (χ4n) is 1.71. The Bertz CT molecular complexity index is 378. The average molecular weight is 239 g/mol. The molecule has 0 bridgehead atoms. The first-order valence-electron chi connectivity index (χ1n) is 5.87. The smallest absolute Gasteiger partial charge is 0.145 e. The van der Waals surface area contributed by atoms with E-state index in [-0.39, 0.29) is 5.41 Å². The van der Waals surface area contributed by atoms with E-state index in [1.165, 1.54) is 12.8 Å². The summed E-state index contributed by atoms with van der Waals surface area (Å²) in [4.78, 5) is 4.31. The van der Waals surface area contributed by atoms with Gasteiger partial charge in [-0.1, -0.05) is 32.4 Å². The molecule has 0 unspecified atom stereocenters. The summed E-state index contributed by atoms with van der Waals surface area (Å²) < 4.78 is 0. The molecule has 0 saturated heterocycles. The Morgan fingerprint density at radius 1 is 1.44 bits per heavy atom. The summed E-state index contributed by atoms with van der Waals surface area (Å²) in [5.41, 5.74) is 1.22. The standard InChI is InChI=1S/C13H19ClN2/c1-13(2,3)10-6-7-15-12(11(10)14)16-8-9-4-5-9/h6-7,9H,4-5,8H2,1-3H3,(H,15,16). The second-order valence-electron chi connectivity index (χ2n) is 5.60. The lowest BCUT2D eigenvalue weighted by atomic mass is 9.87. The Morgan fingerprint density at radius 2 is 2.12 bits per heavy atom. The lowest BCUT2D eigenvalue weighted by Crippen LogP contribution is -2.14. The van der Waals surface area contributed by atoms with Crippen molar-refractivity contribution in [1.29, 1.82) is 0 Å². The highest BCUT2D eigenvalue weighted by molar-refractivity contribution is 6.33. The van der Waals surface area contributed by atoms with Crippen LogP contribution in [0, 0.1) is 5.92 Å². The number of pyridine rings is 1. The second kappa shape index (κ2) is 4.25. The van der Waals surface area contributed by atoms with Crippen LogP contribution < -0.4 is 5.32 Å². The summed E-state index contributed by atoms with van der Waals surface area (Å²) in [5.74, 6) is 1.66. The summed E-state index contributed by atoms with van der Waals surface area (Å²) in [6.45, 7) is 7.50. The molecule has 0 aliphatic heterocycles. The maximum absolute atomic E-state index is 6.37. The number of halogens is 1. The van der Waals surface area contributed by atoms with E-state index in [1.807, 2.05) is 12.3 Å². The van der Waals surface area contributed by atoms with Crippen molar-refractivity contribution in [1.82, 2.24) is 4.98 Å². The number of hydrogen-bond acceptors (Lipinski definition) is 2. The topological polar surface area (TPSA) is 24.9 Å². The molecule has 0 spiro atoms. The minimum atomic E-state index is 0.0655. The van der Waals surface area contributed by atoms with Crippen LogP contribution in [0.4, 0.5) is 5.82 Å². The number of hydrogen-bond donors (Lipinski definition) is 1. The highest BCUT2D eigenvalue weighted by Gasteiger charge is 2.23. The summed E-state index contributed by atoms with van der Waals surface area (Å²) in [6, 6.07) is 2.00. The number of anilines is 1. The van der Waals surface area contributed by atoms with Crippen molar-refractivity contribution < 1.29 is 0 Å². The minimum absolute atomic E-state index is 0.0655. The summed E-state index contributed by atoms with van der Waals surface area (Å²) in [7, 11) is 0. The van der Waals surface area contributed by atoms with E-state index in [0.29, 0.717) is 0 Å². The molecule has 1 aliphatic carbocycles. The van der Waals surface area contributed by atoms with Gasteiger partial charge in [0.15, 0.2) is 0 Å². The third-order valence-corrected chi connectivity index (χ3v) is 3.33. The van der Waals surface area contributed by atoms with Crippen molar-refractivity contribution in [3.05, 3.63) is 22.8 Å². The van der Waals surface area contributed by atoms with Gasteiger partial charge in [-0.05, 0) is 35.8 Å². The second-order valence-corrected chi connectivity index (χ2v) is 5.97. The van der Waals surface area contributed by atoms with E-state index in [4.69, 9.17) is 11.6 Å². The first kappa shape index (κ1) is 11.7. The van der Waals surface area contributed by atoms with Gasteiger partial charge in [0.05, 0.1) is 5.02 Å². The Balaban J connectivity index is 2.17. The van der Waals surface area contributed by atoms with Crippen molar-refractivity contribution in [3.63, 3.8) is 0 Å². The van der Waals surface area contributed by atoms with Crippen LogP contribution in [0.1, 0.15) is 39.2 Å². The third kappa shape index (κ3) is 2.67. The zero-order valence-electron chi connectivity index (χ0n) is 10.2. The van der Waals surface area contributed by atoms with Gasteiger partial charge in [-0.2, -0.15) is 0 Å². The molecule has 1 N–H and O–H groups in total. The molecule has 1 aliphatic rings. The van der Waals surface area contributed by atoms with Crippen molar-refractivity contribution >= 4 is 17.4 Å². The normalized spacial score (nSPS) is 16.2. The largest absolute Gasteiger partial charge is 0.369 e. The molecule has 2 rings (SSSR count). The molecule has 1 fully saturated rings. The van der Waals surface area contributed by atoms with Crippen LogP contribution in [-0.4, -0.2) is 11.5 Å². The lowest BCUT2D eigenvalue weighted by molar-refractivity contribution is 0.589. The molecule has 0 amide bonds. The van der Waals surface area contributed by atoms with Gasteiger partial charge in [-0.3, -0.25) is 0 Å².